The van der Waals surface area contributed by atoms with Crippen LogP contribution in [0.15, 0.2) is 60.9 Å². The van der Waals surface area contributed by atoms with Crippen LogP contribution < -0.4 is 0 Å². The quantitative estimate of drug-likeness (QED) is 0.786. The van der Waals surface area contributed by atoms with Crippen molar-refractivity contribution in [1.29, 1.82) is 0 Å². The topological polar surface area (TPSA) is 46.0 Å². The van der Waals surface area contributed by atoms with Crippen LogP contribution in [0.3, 0.4) is 0 Å². The summed E-state index contributed by atoms with van der Waals surface area (Å²) in [5, 5.41) is 11.3. The summed E-state index contributed by atoms with van der Waals surface area (Å²) in [6, 6.07) is 15.8. The summed E-state index contributed by atoms with van der Waals surface area (Å²) < 4.78 is 0. The highest BCUT2D eigenvalue weighted by atomic mass is 16.3. The van der Waals surface area contributed by atoms with Gasteiger partial charge in [0.1, 0.15) is 0 Å². The highest BCUT2D eigenvalue weighted by molar-refractivity contribution is 5.78. The Labute approximate surface area is 117 Å². The molecule has 100 valence electrons. The predicted molar refractivity (Wildman–Crippen MR) is 79.3 cm³/mol. The average Bonchev–Trinajstić information content (AvgIpc) is 2.53. The third-order valence-corrected chi connectivity index (χ3v) is 3.40. The molecule has 1 N–H and O–H groups in total. The van der Waals surface area contributed by atoms with Crippen LogP contribution >= 0.6 is 0 Å². The number of aliphatic hydroxyl groups is 1. The van der Waals surface area contributed by atoms with Gasteiger partial charge in [-0.1, -0.05) is 24.3 Å². The van der Waals surface area contributed by atoms with Gasteiger partial charge in [-0.3, -0.25) is 9.97 Å². The van der Waals surface area contributed by atoms with E-state index in [-0.39, 0.29) is 0 Å². The van der Waals surface area contributed by atoms with E-state index < -0.39 is 6.10 Å². The first-order valence-corrected chi connectivity index (χ1v) is 6.75. The molecule has 0 aliphatic carbocycles. The van der Waals surface area contributed by atoms with Gasteiger partial charge in [0.2, 0.25) is 0 Å². The standard InChI is InChI=1S/C17H16N2O/c20-17(9-8-15-6-3-4-10-18-15)14-11-13-5-1-2-7-16(13)19-12-14/h1-7,10-12,17,20H,8-9H2. The van der Waals surface area contributed by atoms with Gasteiger partial charge in [-0.25, -0.2) is 0 Å². The molecule has 0 saturated carbocycles. The van der Waals surface area contributed by atoms with E-state index >= 15 is 0 Å². The number of pyridine rings is 2. The third kappa shape index (κ3) is 2.83. The molecular weight excluding hydrogens is 248 g/mol. The minimum Gasteiger partial charge on any atom is -0.388 e. The molecular formula is C17H16N2O. The molecule has 1 unspecified atom stereocenters. The van der Waals surface area contributed by atoms with E-state index in [4.69, 9.17) is 0 Å². The molecule has 0 aliphatic heterocycles. The highest BCUT2D eigenvalue weighted by Crippen LogP contribution is 2.21. The van der Waals surface area contributed by atoms with Gasteiger partial charge in [0, 0.05) is 23.5 Å². The van der Waals surface area contributed by atoms with Crippen molar-refractivity contribution in [2.75, 3.05) is 0 Å². The van der Waals surface area contributed by atoms with E-state index in [2.05, 4.69) is 9.97 Å². The number of benzene rings is 1. The summed E-state index contributed by atoms with van der Waals surface area (Å²) in [7, 11) is 0. The van der Waals surface area contributed by atoms with Gasteiger partial charge >= 0.3 is 0 Å². The molecule has 2 heterocycles. The Bertz CT molecular complexity index is 697. The van der Waals surface area contributed by atoms with Crippen molar-refractivity contribution in [3.05, 3.63) is 72.2 Å². The van der Waals surface area contributed by atoms with Crippen LogP contribution in [0.5, 0.6) is 0 Å². The molecule has 2 aromatic heterocycles. The van der Waals surface area contributed by atoms with E-state index in [0.29, 0.717) is 6.42 Å². The van der Waals surface area contributed by atoms with Crippen LogP contribution in [0.2, 0.25) is 0 Å². The molecule has 0 amide bonds. The Balaban J connectivity index is 1.73. The molecule has 1 atom stereocenters. The lowest BCUT2D eigenvalue weighted by atomic mass is 10.0. The van der Waals surface area contributed by atoms with Crippen molar-refractivity contribution in [3.8, 4) is 0 Å². The Hall–Kier alpha value is -2.26. The lowest BCUT2D eigenvalue weighted by Crippen LogP contribution is -2.01. The lowest BCUT2D eigenvalue weighted by Gasteiger charge is -2.11. The van der Waals surface area contributed by atoms with Gasteiger partial charge in [-0.05, 0) is 42.7 Å². The van der Waals surface area contributed by atoms with E-state index in [1.165, 1.54) is 0 Å². The zero-order chi connectivity index (χ0) is 13.8. The smallest absolute Gasteiger partial charge is 0.0808 e. The second kappa shape index (κ2) is 5.80. The number of nitrogens with zero attached hydrogens (tertiary/aromatic N) is 2. The Morgan fingerprint density at radius 3 is 2.70 bits per heavy atom. The molecule has 3 heteroatoms. The summed E-state index contributed by atoms with van der Waals surface area (Å²) in [6.07, 6.45) is 4.44. The summed E-state index contributed by atoms with van der Waals surface area (Å²) in [6.45, 7) is 0. The molecule has 0 bridgehead atoms. The molecule has 3 rings (SSSR count). The number of aliphatic hydroxyl groups excluding tert-OH is 1. The Morgan fingerprint density at radius 2 is 1.85 bits per heavy atom. The Morgan fingerprint density at radius 1 is 1.00 bits per heavy atom. The molecule has 0 saturated heterocycles. The molecule has 0 spiro atoms. The number of aromatic nitrogens is 2. The van der Waals surface area contributed by atoms with Gasteiger partial charge in [0.05, 0.1) is 11.6 Å². The van der Waals surface area contributed by atoms with Crippen molar-refractivity contribution in [2.24, 2.45) is 0 Å². The fraction of sp³-hybridized carbons (Fsp3) is 0.176. The molecule has 20 heavy (non-hydrogen) atoms. The molecule has 3 nitrogen and oxygen atoms in total. The molecule has 1 aromatic carbocycles. The highest BCUT2D eigenvalue weighted by Gasteiger charge is 2.09. The minimum atomic E-state index is -0.505. The fourth-order valence-electron chi connectivity index (χ4n) is 2.27. The third-order valence-electron chi connectivity index (χ3n) is 3.40. The van der Waals surface area contributed by atoms with Crippen molar-refractivity contribution < 1.29 is 5.11 Å². The maximum absolute atomic E-state index is 10.3. The van der Waals surface area contributed by atoms with Gasteiger partial charge in [0.25, 0.3) is 0 Å². The number of fused-ring (bicyclic) bond motifs is 1. The normalized spacial score (nSPS) is 12.4. The second-order valence-corrected chi connectivity index (χ2v) is 4.84. The fourth-order valence-corrected chi connectivity index (χ4v) is 2.27. The van der Waals surface area contributed by atoms with Crippen LogP contribution in [0.25, 0.3) is 10.9 Å². The number of rotatable bonds is 4. The van der Waals surface area contributed by atoms with Gasteiger partial charge in [-0.2, -0.15) is 0 Å². The summed E-state index contributed by atoms with van der Waals surface area (Å²) in [5.74, 6) is 0. The van der Waals surface area contributed by atoms with Crippen molar-refractivity contribution >= 4 is 10.9 Å². The Kier molecular flexibility index (Phi) is 3.70. The first-order valence-electron chi connectivity index (χ1n) is 6.75. The monoisotopic (exact) mass is 264 g/mol. The summed E-state index contributed by atoms with van der Waals surface area (Å²) in [4.78, 5) is 8.65. The largest absolute Gasteiger partial charge is 0.388 e. The van der Waals surface area contributed by atoms with Crippen LogP contribution in [0.1, 0.15) is 23.8 Å². The molecule has 0 radical (unpaired) electrons. The van der Waals surface area contributed by atoms with E-state index in [9.17, 15) is 5.11 Å². The molecule has 0 fully saturated rings. The van der Waals surface area contributed by atoms with Crippen LogP contribution in [-0.2, 0) is 6.42 Å². The van der Waals surface area contributed by atoms with E-state index in [1.54, 1.807) is 12.4 Å². The number of para-hydroxylation sites is 1. The van der Waals surface area contributed by atoms with Crippen LogP contribution in [0.4, 0.5) is 0 Å². The number of hydrogen-bond acceptors (Lipinski definition) is 3. The summed E-state index contributed by atoms with van der Waals surface area (Å²) >= 11 is 0. The van der Waals surface area contributed by atoms with Crippen molar-refractivity contribution in [3.63, 3.8) is 0 Å². The van der Waals surface area contributed by atoms with E-state index in [0.717, 1.165) is 28.6 Å². The van der Waals surface area contributed by atoms with Gasteiger partial charge in [-0.15, -0.1) is 0 Å². The molecule has 3 aromatic rings. The van der Waals surface area contributed by atoms with Gasteiger partial charge in [0.15, 0.2) is 0 Å². The zero-order valence-electron chi connectivity index (χ0n) is 11.1. The van der Waals surface area contributed by atoms with E-state index in [1.807, 2.05) is 48.5 Å². The maximum Gasteiger partial charge on any atom is 0.0808 e. The lowest BCUT2D eigenvalue weighted by molar-refractivity contribution is 0.167. The zero-order valence-corrected chi connectivity index (χ0v) is 11.1. The predicted octanol–water partition coefficient (Wildman–Crippen LogP) is 3.30. The SMILES string of the molecule is OC(CCc1ccccn1)c1cnc2ccccc2c1. The minimum absolute atomic E-state index is 0.505. The molecule has 0 aliphatic rings. The van der Waals surface area contributed by atoms with Crippen molar-refractivity contribution in [2.45, 2.75) is 18.9 Å². The first-order chi connectivity index (χ1) is 9.83. The summed E-state index contributed by atoms with van der Waals surface area (Å²) in [5.41, 5.74) is 2.81. The van der Waals surface area contributed by atoms with Crippen LogP contribution in [-0.4, -0.2) is 15.1 Å². The van der Waals surface area contributed by atoms with Crippen molar-refractivity contribution in [1.82, 2.24) is 9.97 Å². The van der Waals surface area contributed by atoms with Crippen LogP contribution in [0, 0.1) is 0 Å². The average molecular weight is 264 g/mol. The second-order valence-electron chi connectivity index (χ2n) is 4.84. The van der Waals surface area contributed by atoms with Gasteiger partial charge < -0.3 is 5.11 Å². The number of aryl methyl sites for hydroxylation is 1. The number of hydrogen-bond donors (Lipinski definition) is 1. The maximum atomic E-state index is 10.3. The first kappa shape index (κ1) is 12.8.